The molecular formula is C19H17NO3S2. The summed E-state index contributed by atoms with van der Waals surface area (Å²) in [7, 11) is -3.25. The van der Waals surface area contributed by atoms with Crippen LogP contribution in [0.4, 0.5) is 0 Å². The fourth-order valence-corrected chi connectivity index (χ4v) is 6.99. The van der Waals surface area contributed by atoms with Crippen molar-refractivity contribution in [1.82, 2.24) is 4.90 Å². The molecule has 3 aromatic rings. The summed E-state index contributed by atoms with van der Waals surface area (Å²) in [5.41, 5.74) is 2.09. The number of hydrogen-bond donors (Lipinski definition) is 0. The molecule has 0 aliphatic carbocycles. The highest BCUT2D eigenvalue weighted by molar-refractivity contribution is 7.92. The highest BCUT2D eigenvalue weighted by Gasteiger charge is 2.50. The van der Waals surface area contributed by atoms with Crippen LogP contribution in [0.5, 0.6) is 0 Å². The Morgan fingerprint density at radius 1 is 1.16 bits per heavy atom. The molecule has 25 heavy (non-hydrogen) atoms. The lowest BCUT2D eigenvalue weighted by Crippen LogP contribution is -2.25. The standard InChI is InChI=1S/C19H17NO3S2/c21-25(22)18-6-5-13(17-4-2-8-24-17)9-15(18)16-11-20(12-19(16)25)10-14-3-1-7-23-14/h1-9,16,19H,10-12H2. The molecule has 1 saturated heterocycles. The molecule has 2 aliphatic rings. The van der Waals surface area contributed by atoms with Crippen molar-refractivity contribution in [2.75, 3.05) is 13.1 Å². The van der Waals surface area contributed by atoms with Crippen molar-refractivity contribution in [3.05, 3.63) is 65.4 Å². The molecule has 0 radical (unpaired) electrons. The van der Waals surface area contributed by atoms with Crippen LogP contribution in [0.15, 0.2) is 63.4 Å². The number of thiophene rings is 1. The zero-order valence-corrected chi connectivity index (χ0v) is 15.1. The van der Waals surface area contributed by atoms with Gasteiger partial charge in [0, 0.05) is 23.9 Å². The van der Waals surface area contributed by atoms with Crippen LogP contribution in [0.1, 0.15) is 17.2 Å². The molecule has 1 aromatic carbocycles. The van der Waals surface area contributed by atoms with E-state index in [0.29, 0.717) is 18.0 Å². The van der Waals surface area contributed by atoms with Gasteiger partial charge >= 0.3 is 0 Å². The third kappa shape index (κ3) is 2.39. The molecular weight excluding hydrogens is 354 g/mol. The van der Waals surface area contributed by atoms with Crippen molar-refractivity contribution in [2.24, 2.45) is 0 Å². The van der Waals surface area contributed by atoms with E-state index in [2.05, 4.69) is 17.0 Å². The lowest BCUT2D eigenvalue weighted by Gasteiger charge is -2.16. The first kappa shape index (κ1) is 15.4. The molecule has 4 heterocycles. The van der Waals surface area contributed by atoms with E-state index in [1.807, 2.05) is 29.6 Å². The van der Waals surface area contributed by atoms with Gasteiger partial charge in [-0.3, -0.25) is 4.90 Å². The highest BCUT2D eigenvalue weighted by atomic mass is 32.2. The molecule has 2 aliphatic heterocycles. The van der Waals surface area contributed by atoms with Gasteiger partial charge in [0.25, 0.3) is 0 Å². The number of sulfone groups is 1. The van der Waals surface area contributed by atoms with Crippen molar-refractivity contribution in [1.29, 1.82) is 0 Å². The maximum atomic E-state index is 13.0. The van der Waals surface area contributed by atoms with Gasteiger partial charge in [-0.1, -0.05) is 12.1 Å². The number of rotatable bonds is 3. The van der Waals surface area contributed by atoms with Crippen molar-refractivity contribution in [2.45, 2.75) is 22.6 Å². The van der Waals surface area contributed by atoms with E-state index in [1.54, 1.807) is 23.7 Å². The van der Waals surface area contributed by atoms with Crippen LogP contribution < -0.4 is 0 Å². The molecule has 5 rings (SSSR count). The van der Waals surface area contributed by atoms with E-state index in [4.69, 9.17) is 4.42 Å². The van der Waals surface area contributed by atoms with Crippen LogP contribution in [0.3, 0.4) is 0 Å². The SMILES string of the molecule is O=S1(=O)c2ccc(-c3cccs3)cc2C2CN(Cc3ccco3)CC21. The van der Waals surface area contributed by atoms with Crippen molar-refractivity contribution >= 4 is 21.2 Å². The number of fused-ring (bicyclic) bond motifs is 3. The van der Waals surface area contributed by atoms with Gasteiger partial charge in [0.1, 0.15) is 5.76 Å². The average Bonchev–Trinajstić information content (AvgIpc) is 3.37. The number of likely N-dealkylation sites (tertiary alicyclic amines) is 1. The Hall–Kier alpha value is -1.89. The first-order valence-corrected chi connectivity index (χ1v) is 10.7. The summed E-state index contributed by atoms with van der Waals surface area (Å²) in [4.78, 5) is 3.89. The van der Waals surface area contributed by atoms with Crippen LogP contribution in [-0.2, 0) is 16.4 Å². The molecule has 128 valence electrons. The predicted molar refractivity (Wildman–Crippen MR) is 97.5 cm³/mol. The van der Waals surface area contributed by atoms with Gasteiger partial charge in [0.05, 0.1) is 23.0 Å². The van der Waals surface area contributed by atoms with Crippen molar-refractivity contribution in [3.8, 4) is 10.4 Å². The minimum atomic E-state index is -3.25. The zero-order valence-electron chi connectivity index (χ0n) is 13.5. The van der Waals surface area contributed by atoms with Gasteiger partial charge in [0.15, 0.2) is 9.84 Å². The van der Waals surface area contributed by atoms with Crippen molar-refractivity contribution < 1.29 is 12.8 Å². The highest BCUT2D eigenvalue weighted by Crippen LogP contribution is 2.46. The zero-order chi connectivity index (χ0) is 17.0. The second-order valence-electron chi connectivity index (χ2n) is 6.69. The summed E-state index contributed by atoms with van der Waals surface area (Å²) in [5, 5.41) is 1.71. The van der Waals surface area contributed by atoms with E-state index in [1.165, 1.54) is 4.88 Å². The number of furan rings is 1. The Morgan fingerprint density at radius 3 is 2.84 bits per heavy atom. The number of benzene rings is 1. The fourth-order valence-electron chi connectivity index (χ4n) is 4.07. The Bertz CT molecular complexity index is 1010. The summed E-state index contributed by atoms with van der Waals surface area (Å²) in [6, 6.07) is 13.7. The van der Waals surface area contributed by atoms with Crippen LogP contribution in [0.25, 0.3) is 10.4 Å². The monoisotopic (exact) mass is 371 g/mol. The van der Waals surface area contributed by atoms with Gasteiger partial charge in [-0.2, -0.15) is 0 Å². The Labute approximate surface area is 150 Å². The van der Waals surface area contributed by atoms with Crippen LogP contribution in [0, 0.1) is 0 Å². The summed E-state index contributed by atoms with van der Waals surface area (Å²) in [6.07, 6.45) is 1.66. The molecule has 0 amide bonds. The summed E-state index contributed by atoms with van der Waals surface area (Å²) < 4.78 is 31.3. The first-order valence-electron chi connectivity index (χ1n) is 8.29. The third-order valence-electron chi connectivity index (χ3n) is 5.22. The molecule has 2 atom stereocenters. The third-order valence-corrected chi connectivity index (χ3v) is 8.40. The largest absolute Gasteiger partial charge is 0.468 e. The topological polar surface area (TPSA) is 50.5 Å². The Kier molecular flexibility index (Phi) is 3.42. The lowest BCUT2D eigenvalue weighted by molar-refractivity contribution is 0.293. The summed E-state index contributed by atoms with van der Waals surface area (Å²) in [5.74, 6) is 0.930. The average molecular weight is 371 g/mol. The number of nitrogens with zero attached hydrogens (tertiary/aromatic N) is 1. The maximum absolute atomic E-state index is 13.0. The minimum absolute atomic E-state index is 0.0508. The first-order chi connectivity index (χ1) is 12.1. The van der Waals surface area contributed by atoms with E-state index < -0.39 is 9.84 Å². The van der Waals surface area contributed by atoms with Crippen LogP contribution >= 0.6 is 11.3 Å². The van der Waals surface area contributed by atoms with Gasteiger partial charge in [0.2, 0.25) is 0 Å². The quantitative estimate of drug-likeness (QED) is 0.703. The fraction of sp³-hybridized carbons (Fsp3) is 0.263. The Balaban J connectivity index is 1.51. The Morgan fingerprint density at radius 2 is 2.08 bits per heavy atom. The van der Waals surface area contributed by atoms with Gasteiger partial charge in [-0.15, -0.1) is 11.3 Å². The molecule has 1 fully saturated rings. The van der Waals surface area contributed by atoms with Gasteiger partial charge in [-0.25, -0.2) is 8.42 Å². The summed E-state index contributed by atoms with van der Waals surface area (Å²) >= 11 is 1.68. The predicted octanol–water partition coefficient (Wildman–Crippen LogP) is 3.76. The molecule has 0 spiro atoms. The molecule has 4 nitrogen and oxygen atoms in total. The van der Waals surface area contributed by atoms with E-state index in [9.17, 15) is 8.42 Å². The molecule has 2 unspecified atom stereocenters. The normalized spacial score (nSPS) is 24.3. The molecule has 0 saturated carbocycles. The van der Waals surface area contributed by atoms with Gasteiger partial charge in [-0.05, 0) is 46.8 Å². The molecule has 6 heteroatoms. The van der Waals surface area contributed by atoms with Crippen LogP contribution in [0.2, 0.25) is 0 Å². The molecule has 2 aromatic heterocycles. The molecule has 0 bridgehead atoms. The smallest absolute Gasteiger partial charge is 0.183 e. The van der Waals surface area contributed by atoms with Crippen LogP contribution in [-0.4, -0.2) is 31.7 Å². The second-order valence-corrected chi connectivity index (χ2v) is 9.78. The molecule has 0 N–H and O–H groups in total. The maximum Gasteiger partial charge on any atom is 0.183 e. The second kappa shape index (κ2) is 5.56. The summed E-state index contributed by atoms with van der Waals surface area (Å²) in [6.45, 7) is 1.98. The minimum Gasteiger partial charge on any atom is -0.468 e. The lowest BCUT2D eigenvalue weighted by atomic mass is 9.96. The van der Waals surface area contributed by atoms with E-state index in [-0.39, 0.29) is 11.2 Å². The number of hydrogen-bond acceptors (Lipinski definition) is 5. The van der Waals surface area contributed by atoms with Crippen molar-refractivity contribution in [3.63, 3.8) is 0 Å². The van der Waals surface area contributed by atoms with E-state index >= 15 is 0 Å². The van der Waals surface area contributed by atoms with E-state index in [0.717, 1.165) is 23.4 Å². The van der Waals surface area contributed by atoms with Gasteiger partial charge < -0.3 is 4.42 Å².